The summed E-state index contributed by atoms with van der Waals surface area (Å²) < 4.78 is 6.85. The molecule has 9 heteroatoms. The van der Waals surface area contributed by atoms with E-state index in [1.165, 1.54) is 11.0 Å². The van der Waals surface area contributed by atoms with Crippen molar-refractivity contribution in [2.45, 2.75) is 39.0 Å². The molecule has 152 valence electrons. The fourth-order valence-corrected chi connectivity index (χ4v) is 3.19. The number of nitrogens with zero attached hydrogens (tertiary/aromatic N) is 6. The molecule has 0 N–H and O–H groups in total. The van der Waals surface area contributed by atoms with Crippen molar-refractivity contribution in [2.24, 2.45) is 0 Å². The van der Waals surface area contributed by atoms with Gasteiger partial charge in [-0.2, -0.15) is 5.26 Å². The minimum atomic E-state index is -0.585. The lowest BCUT2D eigenvalue weighted by Gasteiger charge is -2.41. The molecule has 29 heavy (non-hydrogen) atoms. The SMILES string of the molecule is CC(C)(C)OC(=O)N1CCN(C(=O)Cn2cnc(C#N)n2)C(c2ccccc2)C1. The highest BCUT2D eigenvalue weighted by atomic mass is 16.6. The number of amides is 2. The average Bonchev–Trinajstić information content (AvgIpc) is 3.14. The van der Waals surface area contributed by atoms with E-state index in [9.17, 15) is 9.59 Å². The van der Waals surface area contributed by atoms with E-state index in [4.69, 9.17) is 10.00 Å². The number of nitriles is 1. The minimum absolute atomic E-state index is 0.0205. The molecular weight excluding hydrogens is 372 g/mol. The summed E-state index contributed by atoms with van der Waals surface area (Å²) in [4.78, 5) is 32.7. The van der Waals surface area contributed by atoms with Crippen LogP contribution in [0.2, 0.25) is 0 Å². The molecule has 1 saturated heterocycles. The highest BCUT2D eigenvalue weighted by molar-refractivity contribution is 5.77. The van der Waals surface area contributed by atoms with Gasteiger partial charge >= 0.3 is 6.09 Å². The summed E-state index contributed by atoms with van der Waals surface area (Å²) in [6, 6.07) is 11.1. The lowest BCUT2D eigenvalue weighted by atomic mass is 10.0. The van der Waals surface area contributed by atoms with Gasteiger partial charge in [0.15, 0.2) is 0 Å². The van der Waals surface area contributed by atoms with Crippen LogP contribution in [0.4, 0.5) is 4.79 Å². The van der Waals surface area contributed by atoms with E-state index >= 15 is 0 Å². The van der Waals surface area contributed by atoms with Crippen LogP contribution in [-0.2, 0) is 16.1 Å². The second-order valence-electron chi connectivity index (χ2n) is 7.82. The van der Waals surface area contributed by atoms with Gasteiger partial charge in [0.05, 0.1) is 6.04 Å². The Balaban J connectivity index is 1.78. The summed E-state index contributed by atoms with van der Waals surface area (Å²) in [6.07, 6.45) is 0.978. The third-order valence-corrected chi connectivity index (χ3v) is 4.47. The highest BCUT2D eigenvalue weighted by Crippen LogP contribution is 2.27. The van der Waals surface area contributed by atoms with Crippen molar-refractivity contribution in [3.8, 4) is 6.07 Å². The fourth-order valence-electron chi connectivity index (χ4n) is 3.19. The Kier molecular flexibility index (Phi) is 5.82. The number of hydrogen-bond acceptors (Lipinski definition) is 6. The molecule has 9 nitrogen and oxygen atoms in total. The van der Waals surface area contributed by atoms with Crippen molar-refractivity contribution in [3.63, 3.8) is 0 Å². The van der Waals surface area contributed by atoms with Crippen LogP contribution in [0.25, 0.3) is 0 Å². The fraction of sp³-hybridized carbons (Fsp3) is 0.450. The van der Waals surface area contributed by atoms with E-state index in [2.05, 4.69) is 10.1 Å². The molecule has 1 atom stereocenters. The van der Waals surface area contributed by atoms with Gasteiger partial charge in [-0.05, 0) is 26.3 Å². The Bertz CT molecular complexity index is 912. The Labute approximate surface area is 169 Å². The third-order valence-electron chi connectivity index (χ3n) is 4.47. The molecule has 0 spiro atoms. The number of carbonyl (C=O) groups is 2. The van der Waals surface area contributed by atoms with Crippen molar-refractivity contribution < 1.29 is 14.3 Å². The molecule has 1 aromatic carbocycles. The van der Waals surface area contributed by atoms with Crippen molar-refractivity contribution in [3.05, 3.63) is 48.0 Å². The van der Waals surface area contributed by atoms with Gasteiger partial charge in [0.25, 0.3) is 5.82 Å². The Morgan fingerprint density at radius 1 is 1.24 bits per heavy atom. The Morgan fingerprint density at radius 2 is 1.97 bits per heavy atom. The maximum atomic E-state index is 13.0. The van der Waals surface area contributed by atoms with E-state index in [0.717, 1.165) is 5.56 Å². The molecule has 3 rings (SSSR count). The summed E-state index contributed by atoms with van der Waals surface area (Å²) in [7, 11) is 0. The summed E-state index contributed by atoms with van der Waals surface area (Å²) in [5.74, 6) is -0.135. The maximum absolute atomic E-state index is 13.0. The number of carbonyl (C=O) groups excluding carboxylic acids is 2. The predicted molar refractivity (Wildman–Crippen MR) is 103 cm³/mol. The van der Waals surface area contributed by atoms with Crippen molar-refractivity contribution >= 4 is 12.0 Å². The Hall–Kier alpha value is -3.41. The van der Waals surface area contributed by atoms with E-state index < -0.39 is 5.60 Å². The molecule has 2 amide bonds. The molecule has 2 heterocycles. The quantitative estimate of drug-likeness (QED) is 0.786. The first-order valence-corrected chi connectivity index (χ1v) is 9.39. The largest absolute Gasteiger partial charge is 0.444 e. The van der Waals surface area contributed by atoms with Gasteiger partial charge in [-0.1, -0.05) is 30.3 Å². The van der Waals surface area contributed by atoms with Crippen molar-refractivity contribution in [1.29, 1.82) is 5.26 Å². The van der Waals surface area contributed by atoms with Crippen LogP contribution in [0.3, 0.4) is 0 Å². The molecule has 0 saturated carbocycles. The number of benzene rings is 1. The maximum Gasteiger partial charge on any atom is 0.410 e. The van der Waals surface area contributed by atoms with Crippen LogP contribution in [0.15, 0.2) is 36.7 Å². The lowest BCUT2D eigenvalue weighted by Crippen LogP contribution is -2.53. The van der Waals surface area contributed by atoms with Gasteiger partial charge in [-0.25, -0.2) is 14.5 Å². The first-order valence-electron chi connectivity index (χ1n) is 9.39. The smallest absolute Gasteiger partial charge is 0.410 e. The van der Waals surface area contributed by atoms with Gasteiger partial charge < -0.3 is 14.5 Å². The predicted octanol–water partition coefficient (Wildman–Crippen LogP) is 1.97. The van der Waals surface area contributed by atoms with Crippen molar-refractivity contribution in [1.82, 2.24) is 24.6 Å². The Morgan fingerprint density at radius 3 is 2.59 bits per heavy atom. The zero-order chi connectivity index (χ0) is 21.0. The number of aromatic nitrogens is 3. The van der Waals surface area contributed by atoms with Crippen LogP contribution in [0.1, 0.15) is 38.2 Å². The zero-order valence-corrected chi connectivity index (χ0v) is 16.8. The monoisotopic (exact) mass is 396 g/mol. The van der Waals surface area contributed by atoms with E-state index in [1.807, 2.05) is 57.2 Å². The van der Waals surface area contributed by atoms with E-state index in [-0.39, 0.29) is 30.4 Å². The number of rotatable bonds is 3. The molecule has 0 aliphatic carbocycles. The molecule has 1 aliphatic heterocycles. The van der Waals surface area contributed by atoms with Gasteiger partial charge in [0.2, 0.25) is 5.91 Å². The molecule has 1 aliphatic rings. The number of hydrogen-bond donors (Lipinski definition) is 0. The van der Waals surface area contributed by atoms with Crippen LogP contribution in [-0.4, -0.2) is 61.8 Å². The molecule has 1 fully saturated rings. The highest BCUT2D eigenvalue weighted by Gasteiger charge is 2.35. The summed E-state index contributed by atoms with van der Waals surface area (Å²) in [6.45, 7) is 6.55. The van der Waals surface area contributed by atoms with Gasteiger partial charge in [0, 0.05) is 19.6 Å². The van der Waals surface area contributed by atoms with Gasteiger partial charge in [0.1, 0.15) is 24.5 Å². The minimum Gasteiger partial charge on any atom is -0.444 e. The first kappa shape index (κ1) is 20.3. The standard InChI is InChI=1S/C20H24N6O3/c1-20(2,3)29-19(28)24-9-10-26(16(12-24)15-7-5-4-6-8-15)18(27)13-25-14-22-17(11-21)23-25/h4-8,14,16H,9-10,12-13H2,1-3H3. The van der Waals surface area contributed by atoms with Gasteiger partial charge in [-0.3, -0.25) is 4.79 Å². The summed E-state index contributed by atoms with van der Waals surface area (Å²) in [5.41, 5.74) is 0.350. The molecule has 2 aromatic rings. The van der Waals surface area contributed by atoms with Crippen LogP contribution < -0.4 is 0 Å². The molecule has 1 unspecified atom stereocenters. The average molecular weight is 396 g/mol. The third kappa shape index (κ3) is 5.10. The molecule has 0 radical (unpaired) electrons. The summed E-state index contributed by atoms with van der Waals surface area (Å²) >= 11 is 0. The van der Waals surface area contributed by atoms with Crippen LogP contribution in [0, 0.1) is 11.3 Å². The first-order chi connectivity index (χ1) is 13.8. The molecular formula is C20H24N6O3. The number of ether oxygens (including phenoxy) is 1. The normalized spacial score (nSPS) is 17.0. The topological polar surface area (TPSA) is 104 Å². The van der Waals surface area contributed by atoms with Gasteiger partial charge in [-0.15, -0.1) is 5.10 Å². The number of piperazine rings is 1. The van der Waals surface area contributed by atoms with Crippen LogP contribution >= 0.6 is 0 Å². The lowest BCUT2D eigenvalue weighted by molar-refractivity contribution is -0.137. The zero-order valence-electron chi connectivity index (χ0n) is 16.8. The molecule has 0 bridgehead atoms. The molecule has 1 aromatic heterocycles. The van der Waals surface area contributed by atoms with E-state index in [1.54, 1.807) is 9.80 Å². The van der Waals surface area contributed by atoms with Crippen LogP contribution in [0.5, 0.6) is 0 Å². The second kappa shape index (κ2) is 8.31. The summed E-state index contributed by atoms with van der Waals surface area (Å²) in [5, 5.41) is 12.8. The second-order valence-corrected chi connectivity index (χ2v) is 7.82. The van der Waals surface area contributed by atoms with E-state index in [0.29, 0.717) is 19.6 Å². The van der Waals surface area contributed by atoms with Crippen molar-refractivity contribution in [2.75, 3.05) is 19.6 Å².